The minimum Gasteiger partial charge on any atom is -0.345 e. The summed E-state index contributed by atoms with van der Waals surface area (Å²) in [7, 11) is 6.34. The molecule has 6 aromatic rings. The summed E-state index contributed by atoms with van der Waals surface area (Å²) in [6.07, 6.45) is 18.6. The van der Waals surface area contributed by atoms with Crippen molar-refractivity contribution in [3.05, 3.63) is 162 Å². The van der Waals surface area contributed by atoms with Gasteiger partial charge in [0.15, 0.2) is 15.3 Å². The van der Waals surface area contributed by atoms with Crippen LogP contribution in [0.25, 0.3) is 0 Å². The van der Waals surface area contributed by atoms with Crippen LogP contribution in [0.1, 0.15) is 33.5 Å². The van der Waals surface area contributed by atoms with Crippen LogP contribution in [0, 0.1) is 0 Å². The quantitative estimate of drug-likeness (QED) is 0.108. The lowest BCUT2D eigenvalue weighted by Gasteiger charge is -2.33. The number of hydrogen-bond acceptors (Lipinski definition) is 18. The average Bonchev–Trinajstić information content (AvgIpc) is 3.43. The van der Waals surface area contributed by atoms with E-state index in [1.165, 1.54) is 0 Å². The zero-order valence-corrected chi connectivity index (χ0v) is 42.8. The monoisotopic (exact) mass is 1020 g/mol. The van der Waals surface area contributed by atoms with E-state index in [9.17, 15) is 0 Å². The highest BCUT2D eigenvalue weighted by atomic mass is 32.1. The van der Waals surface area contributed by atoms with Gasteiger partial charge in [-0.25, -0.2) is 0 Å². The summed E-state index contributed by atoms with van der Waals surface area (Å²) in [6.45, 7) is 11.4. The Hall–Kier alpha value is -7.35. The molecule has 0 aromatic carbocycles. The van der Waals surface area contributed by atoms with Crippen LogP contribution < -0.4 is 16.3 Å². The number of nitrogens with one attached hydrogen (secondary N) is 3. The molecule has 72 heavy (non-hydrogen) atoms. The lowest BCUT2D eigenvalue weighted by Crippen LogP contribution is -2.49. The molecule has 372 valence electrons. The summed E-state index contributed by atoms with van der Waals surface area (Å²) < 4.78 is 0. The molecule has 9 heterocycles. The molecule has 6 aromatic heterocycles. The Balaban J connectivity index is 0.000000158. The molecule has 0 spiro atoms. The SMILES string of the molecule is CN1CCN(C(=S)N/N=C(/c2cccnc2)c2ccnnc2)CC1.CN1CCN(C(=S)N/N=C(/c2ccncc2)c2ccnnc2)CC1.CN1CCN(C(=S)N/N=C(\c2ccnnc2)c2ccccn2)CC1. The highest BCUT2D eigenvalue weighted by Crippen LogP contribution is 2.11. The lowest BCUT2D eigenvalue weighted by atomic mass is 10.1. The van der Waals surface area contributed by atoms with Crippen LogP contribution in [0.5, 0.6) is 0 Å². The predicted molar refractivity (Wildman–Crippen MR) is 290 cm³/mol. The lowest BCUT2D eigenvalue weighted by molar-refractivity contribution is 0.214. The molecule has 3 fully saturated rings. The fraction of sp³-hybridized carbons (Fsp3) is 0.312. The van der Waals surface area contributed by atoms with Crippen molar-refractivity contribution in [3.63, 3.8) is 0 Å². The van der Waals surface area contributed by atoms with E-state index >= 15 is 0 Å². The van der Waals surface area contributed by atoms with Gasteiger partial charge in [-0.3, -0.25) is 31.2 Å². The maximum Gasteiger partial charge on any atom is 0.189 e. The average molecular weight is 1020 g/mol. The van der Waals surface area contributed by atoms with Gasteiger partial charge in [0.05, 0.1) is 48.6 Å². The topological polar surface area (TPSA) is 209 Å². The molecule has 0 saturated carbocycles. The third-order valence-corrected chi connectivity index (χ3v) is 12.6. The van der Waals surface area contributed by atoms with Crippen molar-refractivity contribution >= 4 is 69.1 Å². The molecule has 0 amide bonds. The molecule has 0 unspecified atom stereocenters. The first-order valence-corrected chi connectivity index (χ1v) is 24.4. The summed E-state index contributed by atoms with van der Waals surface area (Å²) >= 11 is 16.4. The molecule has 3 aliphatic heterocycles. The van der Waals surface area contributed by atoms with Crippen LogP contribution in [0.3, 0.4) is 0 Å². The fourth-order valence-electron chi connectivity index (χ4n) is 7.22. The molecule has 0 radical (unpaired) electrons. The van der Waals surface area contributed by atoms with Gasteiger partial charge in [0.25, 0.3) is 0 Å². The number of aromatic nitrogens is 9. The number of nitrogens with zero attached hydrogens (tertiary/aromatic N) is 18. The zero-order valence-electron chi connectivity index (χ0n) is 40.4. The number of piperazine rings is 3. The maximum atomic E-state index is 5.48. The van der Waals surface area contributed by atoms with Crippen molar-refractivity contribution in [3.8, 4) is 0 Å². The van der Waals surface area contributed by atoms with Crippen LogP contribution in [0.4, 0.5) is 0 Å². The zero-order chi connectivity index (χ0) is 50.3. The van der Waals surface area contributed by atoms with Crippen molar-refractivity contribution < 1.29 is 0 Å². The van der Waals surface area contributed by atoms with Gasteiger partial charge in [-0.05, 0) is 112 Å². The van der Waals surface area contributed by atoms with Gasteiger partial charge >= 0.3 is 0 Å². The summed E-state index contributed by atoms with van der Waals surface area (Å²) in [4.78, 5) is 25.8. The Bertz CT molecular complexity index is 2260. The second kappa shape index (κ2) is 27.9. The van der Waals surface area contributed by atoms with Gasteiger partial charge in [0.1, 0.15) is 11.4 Å². The molecule has 0 atom stereocenters. The molecule has 21 nitrogen and oxygen atoms in total. The van der Waals surface area contributed by atoms with Crippen molar-refractivity contribution in [2.75, 3.05) is 99.7 Å². The van der Waals surface area contributed by atoms with Gasteiger partial charge < -0.3 is 29.4 Å². The number of hydrazone groups is 3. The molecule has 0 bridgehead atoms. The van der Waals surface area contributed by atoms with Crippen molar-refractivity contribution in [2.24, 2.45) is 15.3 Å². The Morgan fingerprint density at radius 3 is 1.18 bits per heavy atom. The number of thiocarbonyl (C=S) groups is 3. The van der Waals surface area contributed by atoms with Crippen LogP contribution in [-0.4, -0.2) is 207 Å². The van der Waals surface area contributed by atoms with Crippen molar-refractivity contribution in [1.29, 1.82) is 0 Å². The second-order valence-corrected chi connectivity index (χ2v) is 17.7. The fourth-order valence-corrected chi connectivity index (χ4v) is 7.91. The highest BCUT2D eigenvalue weighted by Gasteiger charge is 2.20. The van der Waals surface area contributed by atoms with Gasteiger partial charge in [0, 0.05) is 137 Å². The molecule has 24 heteroatoms. The van der Waals surface area contributed by atoms with E-state index in [0.717, 1.165) is 123 Å². The second-order valence-electron chi connectivity index (χ2n) is 16.6. The molecular formula is C48H57N21S3. The van der Waals surface area contributed by atoms with Crippen LogP contribution in [0.2, 0.25) is 0 Å². The summed E-state index contributed by atoms with van der Waals surface area (Å²) in [5, 5.41) is 38.7. The van der Waals surface area contributed by atoms with E-state index in [1.54, 1.807) is 68.2 Å². The maximum absolute atomic E-state index is 5.48. The predicted octanol–water partition coefficient (Wildman–Crippen LogP) is 2.24. The van der Waals surface area contributed by atoms with Gasteiger partial charge in [-0.2, -0.15) is 45.9 Å². The summed E-state index contributed by atoms with van der Waals surface area (Å²) in [5.74, 6) is 0. The molecule has 0 aliphatic carbocycles. The molecule has 3 N–H and O–H groups in total. The van der Waals surface area contributed by atoms with E-state index in [1.807, 2.05) is 60.7 Å². The first-order valence-electron chi connectivity index (χ1n) is 23.2. The third kappa shape index (κ3) is 16.1. The van der Waals surface area contributed by atoms with Gasteiger partial charge in [0.2, 0.25) is 0 Å². The number of hydrogen-bond donors (Lipinski definition) is 3. The molecule has 3 aliphatic rings. The largest absolute Gasteiger partial charge is 0.345 e. The number of rotatable bonds is 9. The first-order chi connectivity index (χ1) is 35.2. The Labute approximate surface area is 435 Å². The van der Waals surface area contributed by atoms with E-state index in [2.05, 4.69) is 128 Å². The molecule has 9 rings (SSSR count). The summed E-state index contributed by atoms with van der Waals surface area (Å²) in [5.41, 5.74) is 16.3. The van der Waals surface area contributed by atoms with Crippen molar-refractivity contribution in [1.82, 2.24) is 91.2 Å². The van der Waals surface area contributed by atoms with Crippen molar-refractivity contribution in [2.45, 2.75) is 0 Å². The minimum atomic E-state index is 0.624. The third-order valence-electron chi connectivity index (χ3n) is 11.5. The Morgan fingerprint density at radius 1 is 0.389 bits per heavy atom. The van der Waals surface area contributed by atoms with Gasteiger partial charge in [-0.1, -0.05) is 6.07 Å². The minimum absolute atomic E-state index is 0.624. The van der Waals surface area contributed by atoms with E-state index in [4.69, 9.17) is 36.7 Å². The van der Waals surface area contributed by atoms with Crippen LogP contribution in [0.15, 0.2) is 144 Å². The van der Waals surface area contributed by atoms with Crippen LogP contribution >= 0.6 is 36.7 Å². The van der Waals surface area contributed by atoms with Crippen LogP contribution in [-0.2, 0) is 0 Å². The number of pyridine rings is 3. The summed E-state index contributed by atoms with van der Waals surface area (Å²) in [6, 6.07) is 18.9. The van der Waals surface area contributed by atoms with E-state index in [-0.39, 0.29) is 0 Å². The molecule has 3 saturated heterocycles. The Morgan fingerprint density at radius 2 is 0.792 bits per heavy atom. The highest BCUT2D eigenvalue weighted by molar-refractivity contribution is 7.80. The first kappa shape index (κ1) is 52.5. The Kier molecular flexibility index (Phi) is 20.3. The molecular weight excluding hydrogens is 967 g/mol. The van der Waals surface area contributed by atoms with E-state index in [0.29, 0.717) is 21.0 Å². The number of likely N-dealkylation sites (N-methyl/N-ethyl adjacent to an activating group) is 3. The van der Waals surface area contributed by atoms with Gasteiger partial charge in [-0.15, -0.1) is 0 Å². The smallest absolute Gasteiger partial charge is 0.189 e. The standard InChI is InChI=1S/3C16H19N7S/c1-22-8-10-23(11-9-22)16(24)21-20-15(13-2-5-17-6-3-13)14-4-7-18-19-12-14;1-22-7-9-23(10-8-22)16(24)21-20-15(13-3-2-5-17-11-13)14-4-6-18-19-12-14;1-22-8-10-23(11-9-22)16(24)21-20-15(13-5-7-18-19-12-13)14-4-2-3-6-17-14/h2-7,12H,8-11H2,1H3,(H,21,24);2-6,11-12H,7-10H2,1H3,(H,21,24);2-7,12H,8-11H2,1H3,(H,21,24)/b2*20-15-;20-15+. The normalized spacial score (nSPS) is 16.0. The van der Waals surface area contributed by atoms with E-state index < -0.39 is 0 Å².